The van der Waals surface area contributed by atoms with Crippen LogP contribution < -0.4 is 16.0 Å². The lowest BCUT2D eigenvalue weighted by Crippen LogP contribution is -2.38. The zero-order valence-corrected chi connectivity index (χ0v) is 14.0. The van der Waals surface area contributed by atoms with Crippen LogP contribution in [-0.4, -0.2) is 26.2 Å². The molecule has 0 N–H and O–H groups in total. The van der Waals surface area contributed by atoms with Crippen molar-refractivity contribution < 1.29 is 4.74 Å². The van der Waals surface area contributed by atoms with E-state index in [1.165, 1.54) is 11.6 Å². The van der Waals surface area contributed by atoms with Gasteiger partial charge in [0, 0.05) is 19.7 Å². The van der Waals surface area contributed by atoms with Crippen LogP contribution in [0.15, 0.2) is 33.9 Å². The predicted molar refractivity (Wildman–Crippen MR) is 91.4 cm³/mol. The van der Waals surface area contributed by atoms with E-state index in [0.717, 1.165) is 15.9 Å². The zero-order chi connectivity index (χ0) is 17.4. The minimum atomic E-state index is -0.434. The van der Waals surface area contributed by atoms with Gasteiger partial charge in [-0.2, -0.15) is 0 Å². The van der Waals surface area contributed by atoms with Gasteiger partial charge in [-0.15, -0.1) is 0 Å². The number of methoxy groups -OCH3 is 1. The van der Waals surface area contributed by atoms with E-state index >= 15 is 0 Å². The molecule has 0 fully saturated rings. The zero-order valence-electron chi connectivity index (χ0n) is 14.0. The molecule has 0 aliphatic carbocycles. The summed E-state index contributed by atoms with van der Waals surface area (Å²) in [5.41, 5.74) is 1.86. The minimum absolute atomic E-state index is 0.203. The highest BCUT2D eigenvalue weighted by molar-refractivity contribution is 5.75. The molecule has 0 aliphatic rings. The Labute approximate surface area is 138 Å². The third-order valence-electron chi connectivity index (χ3n) is 4.05. The fourth-order valence-electron chi connectivity index (χ4n) is 2.63. The summed E-state index contributed by atoms with van der Waals surface area (Å²) < 4.78 is 7.56. The van der Waals surface area contributed by atoms with Gasteiger partial charge in [0.2, 0.25) is 0 Å². The lowest BCUT2D eigenvalue weighted by molar-refractivity contribution is 0.415. The van der Waals surface area contributed by atoms with Crippen LogP contribution in [0.4, 0.5) is 0 Å². The van der Waals surface area contributed by atoms with E-state index in [1.54, 1.807) is 14.2 Å². The molecule has 1 aromatic carbocycles. The molecular weight excluding hydrogens is 308 g/mol. The van der Waals surface area contributed by atoms with Gasteiger partial charge in [-0.1, -0.05) is 6.92 Å². The smallest absolute Gasteiger partial charge is 0.332 e. The summed E-state index contributed by atoms with van der Waals surface area (Å²) in [7, 11) is 4.63. The molecule has 124 valence electrons. The first-order valence-electron chi connectivity index (χ1n) is 7.59. The Hall–Kier alpha value is -2.96. The first kappa shape index (κ1) is 15.9. The van der Waals surface area contributed by atoms with Crippen LogP contribution in [0.2, 0.25) is 0 Å². The van der Waals surface area contributed by atoms with Crippen LogP contribution in [-0.2, 0) is 20.5 Å². The van der Waals surface area contributed by atoms with Gasteiger partial charge in [0.25, 0.3) is 5.56 Å². The summed E-state index contributed by atoms with van der Waals surface area (Å²) in [6, 6.07) is 7.44. The largest absolute Gasteiger partial charge is 0.497 e. The third kappa shape index (κ3) is 2.38. The predicted octanol–water partition coefficient (Wildman–Crippen LogP) is 1.27. The molecule has 24 heavy (non-hydrogen) atoms. The second-order valence-electron chi connectivity index (χ2n) is 5.48. The molecule has 3 aromatic rings. The molecule has 7 heteroatoms. The van der Waals surface area contributed by atoms with Crippen LogP contribution in [0.5, 0.6) is 5.75 Å². The second-order valence-corrected chi connectivity index (χ2v) is 5.48. The van der Waals surface area contributed by atoms with Gasteiger partial charge >= 0.3 is 5.69 Å². The van der Waals surface area contributed by atoms with Crippen molar-refractivity contribution in [3.63, 3.8) is 0 Å². The summed E-state index contributed by atoms with van der Waals surface area (Å²) in [5, 5.41) is 0. The van der Waals surface area contributed by atoms with Gasteiger partial charge in [-0.25, -0.2) is 14.8 Å². The normalized spacial score (nSPS) is 11.0. The number of rotatable bonds is 3. The summed E-state index contributed by atoms with van der Waals surface area (Å²) in [4.78, 5) is 33.5. The summed E-state index contributed by atoms with van der Waals surface area (Å²) in [6.45, 7) is 1.95. The maximum Gasteiger partial charge on any atom is 0.332 e. The molecule has 0 spiro atoms. The van der Waals surface area contributed by atoms with Gasteiger partial charge in [-0.05, 0) is 30.7 Å². The van der Waals surface area contributed by atoms with Crippen LogP contribution in [0, 0.1) is 0 Å². The van der Waals surface area contributed by atoms with Gasteiger partial charge in [0.05, 0.1) is 18.5 Å². The van der Waals surface area contributed by atoms with Crippen molar-refractivity contribution >= 4 is 11.2 Å². The van der Waals surface area contributed by atoms with Crippen LogP contribution in [0.3, 0.4) is 0 Å². The monoisotopic (exact) mass is 326 g/mol. The molecule has 0 aliphatic heterocycles. The number of aryl methyl sites for hydroxylation is 2. The van der Waals surface area contributed by atoms with Gasteiger partial charge < -0.3 is 4.74 Å². The first-order valence-corrected chi connectivity index (χ1v) is 7.59. The van der Waals surface area contributed by atoms with Crippen molar-refractivity contribution in [2.45, 2.75) is 13.3 Å². The van der Waals surface area contributed by atoms with Gasteiger partial charge in [0.15, 0.2) is 11.2 Å². The Morgan fingerprint density at radius 2 is 1.71 bits per heavy atom. The van der Waals surface area contributed by atoms with Crippen molar-refractivity contribution in [1.29, 1.82) is 0 Å². The molecule has 3 rings (SSSR count). The molecule has 2 aromatic heterocycles. The Morgan fingerprint density at radius 1 is 1.04 bits per heavy atom. The van der Waals surface area contributed by atoms with Gasteiger partial charge in [0.1, 0.15) is 5.75 Å². The number of aromatic nitrogens is 4. The topological polar surface area (TPSA) is 79.0 Å². The summed E-state index contributed by atoms with van der Waals surface area (Å²) >= 11 is 0. The Balaban J connectivity index is 2.36. The van der Waals surface area contributed by atoms with Gasteiger partial charge in [-0.3, -0.25) is 13.9 Å². The van der Waals surface area contributed by atoms with Crippen molar-refractivity contribution in [2.24, 2.45) is 14.1 Å². The molecule has 0 saturated carbocycles. The average molecular weight is 326 g/mol. The number of hydrogen-bond donors (Lipinski definition) is 0. The Bertz CT molecular complexity index is 1030. The number of nitrogens with zero attached hydrogens (tertiary/aromatic N) is 4. The van der Waals surface area contributed by atoms with Crippen LogP contribution >= 0.6 is 0 Å². The Morgan fingerprint density at radius 3 is 2.29 bits per heavy atom. The lowest BCUT2D eigenvalue weighted by Gasteiger charge is -2.11. The maximum absolute atomic E-state index is 12.3. The molecule has 0 saturated heterocycles. The highest BCUT2D eigenvalue weighted by Gasteiger charge is 2.16. The highest BCUT2D eigenvalue weighted by atomic mass is 16.5. The standard InChI is InChI=1S/C17H18N4O3/c1-5-12-13(10-6-8-11(24-4)9-7-10)19-15-14(18-12)16(22)21(3)17(23)20(15)2/h6-9H,5H2,1-4H3. The second kappa shape index (κ2) is 5.92. The van der Waals surface area contributed by atoms with E-state index in [4.69, 9.17) is 4.74 Å². The highest BCUT2D eigenvalue weighted by Crippen LogP contribution is 2.24. The van der Waals surface area contributed by atoms with E-state index < -0.39 is 11.2 Å². The first-order chi connectivity index (χ1) is 11.5. The average Bonchev–Trinajstić information content (AvgIpc) is 2.63. The molecular formula is C17H18N4O3. The van der Waals surface area contributed by atoms with E-state index in [9.17, 15) is 9.59 Å². The summed E-state index contributed by atoms with van der Waals surface area (Å²) in [6.07, 6.45) is 0.621. The summed E-state index contributed by atoms with van der Waals surface area (Å²) in [5.74, 6) is 0.742. The molecule has 0 radical (unpaired) electrons. The molecule has 7 nitrogen and oxygen atoms in total. The maximum atomic E-state index is 12.3. The molecule has 0 amide bonds. The number of ether oxygens (including phenoxy) is 1. The Kier molecular flexibility index (Phi) is 3.92. The fraction of sp³-hybridized carbons (Fsp3) is 0.294. The van der Waals surface area contributed by atoms with Crippen LogP contribution in [0.25, 0.3) is 22.4 Å². The quantitative estimate of drug-likeness (QED) is 0.724. The van der Waals surface area contributed by atoms with E-state index in [-0.39, 0.29) is 11.2 Å². The minimum Gasteiger partial charge on any atom is -0.497 e. The van der Waals surface area contributed by atoms with Crippen molar-refractivity contribution in [1.82, 2.24) is 19.1 Å². The molecule has 0 bridgehead atoms. The number of hydrogen-bond acceptors (Lipinski definition) is 5. The molecule has 2 heterocycles. The van der Waals surface area contributed by atoms with E-state index in [0.29, 0.717) is 17.8 Å². The molecule has 0 atom stereocenters. The number of benzene rings is 1. The third-order valence-corrected chi connectivity index (χ3v) is 4.05. The SMILES string of the molecule is CCc1nc2c(=O)n(C)c(=O)n(C)c2nc1-c1ccc(OC)cc1. The molecule has 0 unspecified atom stereocenters. The fourth-order valence-corrected chi connectivity index (χ4v) is 2.63. The van der Waals surface area contributed by atoms with Crippen LogP contribution in [0.1, 0.15) is 12.6 Å². The number of fused-ring (bicyclic) bond motifs is 1. The lowest BCUT2D eigenvalue weighted by atomic mass is 10.1. The van der Waals surface area contributed by atoms with E-state index in [1.807, 2.05) is 31.2 Å². The van der Waals surface area contributed by atoms with Crippen molar-refractivity contribution in [2.75, 3.05) is 7.11 Å². The van der Waals surface area contributed by atoms with Crippen molar-refractivity contribution in [3.05, 3.63) is 50.8 Å². The van der Waals surface area contributed by atoms with E-state index in [2.05, 4.69) is 9.97 Å². The van der Waals surface area contributed by atoms with Crippen molar-refractivity contribution in [3.8, 4) is 17.0 Å².